The van der Waals surface area contributed by atoms with E-state index in [0.29, 0.717) is 35.1 Å². The topological polar surface area (TPSA) is 151 Å². The third-order valence-corrected chi connectivity index (χ3v) is 9.08. The molecule has 0 bridgehead atoms. The van der Waals surface area contributed by atoms with Crippen molar-refractivity contribution in [1.29, 1.82) is 0 Å². The molecule has 0 spiro atoms. The van der Waals surface area contributed by atoms with Crippen molar-refractivity contribution in [2.24, 2.45) is 5.92 Å². The number of phenols is 1. The number of para-hydroxylation sites is 1. The lowest BCUT2D eigenvalue weighted by Gasteiger charge is -2.48. The van der Waals surface area contributed by atoms with E-state index in [1.54, 1.807) is 54.6 Å². The molecule has 2 heterocycles. The molecule has 0 aromatic heterocycles. The molecule has 0 aliphatic carbocycles. The van der Waals surface area contributed by atoms with Crippen molar-refractivity contribution in [3.63, 3.8) is 0 Å². The summed E-state index contributed by atoms with van der Waals surface area (Å²) in [6.07, 6.45) is -6.50. The highest BCUT2D eigenvalue weighted by molar-refractivity contribution is 6.03. The van der Waals surface area contributed by atoms with Crippen LogP contribution in [0.2, 0.25) is 0 Å². The number of ether oxygens (including phenoxy) is 1. The van der Waals surface area contributed by atoms with Crippen LogP contribution in [-0.2, 0) is 9.53 Å². The Labute approximate surface area is 265 Å². The first-order chi connectivity index (χ1) is 22.2. The standard InChI is InChI=1S/C36H36FNO8/c37-26-8-4-5-9-27(26)38-31(25(36(38)45)16-17-28(40)21-6-2-1-3-7-21)24-15-14-23(18-29(24)41)20-10-12-22(13-11-20)35-34(44)33(43)32(42)30(19-39)46-35/h1-15,18,25,28,30-35,39-44H,16-17,19H2/t25-,28+,30-,31-,32-,33+,34-,35+/m1/s1. The molecular formula is C36H36FNO8. The zero-order chi connectivity index (χ0) is 32.5. The first kappa shape index (κ1) is 31.8. The summed E-state index contributed by atoms with van der Waals surface area (Å²) in [5.74, 6) is -1.52. The number of aliphatic hydroxyl groups is 5. The van der Waals surface area contributed by atoms with E-state index in [-0.39, 0.29) is 17.3 Å². The van der Waals surface area contributed by atoms with Gasteiger partial charge >= 0.3 is 0 Å². The minimum Gasteiger partial charge on any atom is -0.508 e. The van der Waals surface area contributed by atoms with E-state index < -0.39 is 61.0 Å². The minimum atomic E-state index is -1.49. The number of benzene rings is 4. The molecule has 8 atom stereocenters. The summed E-state index contributed by atoms with van der Waals surface area (Å²) < 4.78 is 20.5. The average Bonchev–Trinajstić information content (AvgIpc) is 3.08. The zero-order valence-electron chi connectivity index (χ0n) is 24.8. The molecule has 4 aromatic carbocycles. The lowest BCUT2D eigenvalue weighted by atomic mass is 9.77. The minimum absolute atomic E-state index is 0.0806. The molecule has 0 unspecified atom stereocenters. The van der Waals surface area contributed by atoms with E-state index in [0.717, 1.165) is 5.56 Å². The van der Waals surface area contributed by atoms with Crippen molar-refractivity contribution in [1.82, 2.24) is 0 Å². The predicted octanol–water partition coefficient (Wildman–Crippen LogP) is 3.93. The number of phenolic OH excluding ortho intramolecular Hbond substituents is 1. The molecule has 2 aliphatic rings. The van der Waals surface area contributed by atoms with Gasteiger partial charge in [0.25, 0.3) is 0 Å². The highest BCUT2D eigenvalue weighted by Gasteiger charge is 2.50. The number of aliphatic hydroxyl groups excluding tert-OH is 5. The number of anilines is 1. The molecule has 4 aromatic rings. The normalized spacial score (nSPS) is 26.9. The molecule has 0 saturated carbocycles. The Hall–Kier alpha value is -4.16. The van der Waals surface area contributed by atoms with Crippen molar-refractivity contribution in [3.8, 4) is 16.9 Å². The summed E-state index contributed by atoms with van der Waals surface area (Å²) in [7, 11) is 0. The molecule has 2 fully saturated rings. The van der Waals surface area contributed by atoms with Crippen LogP contribution in [0.25, 0.3) is 11.1 Å². The first-order valence-electron chi connectivity index (χ1n) is 15.2. The van der Waals surface area contributed by atoms with Crippen LogP contribution in [-0.4, -0.2) is 67.6 Å². The van der Waals surface area contributed by atoms with Gasteiger partial charge in [-0.15, -0.1) is 0 Å². The summed E-state index contributed by atoms with van der Waals surface area (Å²) in [6.45, 7) is -0.527. The number of halogens is 1. The first-order valence-corrected chi connectivity index (χ1v) is 15.2. The SMILES string of the molecule is O=C1[C@H](CC[C@H](O)c2ccccc2)[C@@H](c2ccc(-c3ccc([C@@H]4O[C@H](CO)[C@@H](O)[C@H](O)[C@H]4O)cc3)cc2O)N1c1ccccc1F. The zero-order valence-corrected chi connectivity index (χ0v) is 24.8. The van der Waals surface area contributed by atoms with E-state index in [1.807, 2.05) is 30.3 Å². The summed E-state index contributed by atoms with van der Waals surface area (Å²) in [6, 6.07) is 26.4. The summed E-state index contributed by atoms with van der Waals surface area (Å²) in [5.41, 5.74) is 3.19. The summed E-state index contributed by atoms with van der Waals surface area (Å²) in [5, 5.41) is 62.3. The van der Waals surface area contributed by atoms with Crippen LogP contribution >= 0.6 is 0 Å². The van der Waals surface area contributed by atoms with E-state index in [4.69, 9.17) is 4.74 Å². The van der Waals surface area contributed by atoms with Gasteiger partial charge in [0.05, 0.1) is 30.4 Å². The van der Waals surface area contributed by atoms with E-state index in [1.165, 1.54) is 17.0 Å². The number of aromatic hydroxyl groups is 1. The highest BCUT2D eigenvalue weighted by Crippen LogP contribution is 2.49. The quantitative estimate of drug-likeness (QED) is 0.153. The number of amides is 1. The second kappa shape index (κ2) is 13.3. The van der Waals surface area contributed by atoms with Crippen LogP contribution < -0.4 is 4.90 Å². The monoisotopic (exact) mass is 629 g/mol. The Morgan fingerprint density at radius 3 is 2.17 bits per heavy atom. The van der Waals surface area contributed by atoms with Crippen LogP contribution in [0.3, 0.4) is 0 Å². The average molecular weight is 630 g/mol. The van der Waals surface area contributed by atoms with Gasteiger partial charge in [-0.3, -0.25) is 4.79 Å². The number of β-lactam (4-membered cyclic amide) rings is 1. The van der Waals surface area contributed by atoms with Gasteiger partial charge in [-0.1, -0.05) is 78.9 Å². The van der Waals surface area contributed by atoms with Crippen LogP contribution in [0.5, 0.6) is 5.75 Å². The van der Waals surface area contributed by atoms with Crippen LogP contribution in [0.4, 0.5) is 10.1 Å². The number of rotatable bonds is 9. The smallest absolute Gasteiger partial charge is 0.233 e. The van der Waals surface area contributed by atoms with Crippen LogP contribution in [0.1, 0.15) is 47.8 Å². The molecule has 0 radical (unpaired) electrons. The second-order valence-corrected chi connectivity index (χ2v) is 11.9. The Morgan fingerprint density at radius 2 is 1.50 bits per heavy atom. The third-order valence-electron chi connectivity index (χ3n) is 9.08. The molecular weight excluding hydrogens is 593 g/mol. The van der Waals surface area contributed by atoms with Crippen molar-refractivity contribution in [3.05, 3.63) is 120 Å². The number of carbonyl (C=O) groups is 1. The molecule has 6 rings (SSSR count). The number of nitrogens with zero attached hydrogens (tertiary/aromatic N) is 1. The van der Waals surface area contributed by atoms with Gasteiger partial charge in [-0.05, 0) is 53.3 Å². The van der Waals surface area contributed by atoms with Gasteiger partial charge in [0.1, 0.15) is 42.1 Å². The fourth-order valence-corrected chi connectivity index (χ4v) is 6.50. The summed E-state index contributed by atoms with van der Waals surface area (Å²) >= 11 is 0. The van der Waals surface area contributed by atoms with Gasteiger partial charge in [0.2, 0.25) is 5.91 Å². The molecule has 6 N–H and O–H groups in total. The Morgan fingerprint density at radius 1 is 0.826 bits per heavy atom. The molecule has 2 saturated heterocycles. The van der Waals surface area contributed by atoms with Crippen molar-refractivity contribution in [2.75, 3.05) is 11.5 Å². The third kappa shape index (κ3) is 5.91. The Bertz CT molecular complexity index is 1670. The predicted molar refractivity (Wildman–Crippen MR) is 167 cm³/mol. The number of carbonyl (C=O) groups excluding carboxylic acids is 1. The van der Waals surface area contributed by atoms with Crippen LogP contribution in [0, 0.1) is 11.7 Å². The van der Waals surface area contributed by atoms with E-state index in [2.05, 4.69) is 0 Å². The lowest BCUT2D eigenvalue weighted by molar-refractivity contribution is -0.231. The highest BCUT2D eigenvalue weighted by atomic mass is 19.1. The Kier molecular flexibility index (Phi) is 9.19. The van der Waals surface area contributed by atoms with Crippen molar-refractivity contribution in [2.45, 2.75) is 55.5 Å². The van der Waals surface area contributed by atoms with E-state index >= 15 is 0 Å². The van der Waals surface area contributed by atoms with E-state index in [9.17, 15) is 39.8 Å². The maximum absolute atomic E-state index is 14.9. The Balaban J connectivity index is 1.25. The summed E-state index contributed by atoms with van der Waals surface area (Å²) in [4.78, 5) is 14.8. The lowest BCUT2D eigenvalue weighted by Crippen LogP contribution is -2.55. The molecule has 46 heavy (non-hydrogen) atoms. The molecule has 1 amide bonds. The molecule has 2 aliphatic heterocycles. The van der Waals surface area contributed by atoms with Gasteiger partial charge < -0.3 is 40.3 Å². The molecule has 9 nitrogen and oxygen atoms in total. The van der Waals surface area contributed by atoms with Crippen molar-refractivity contribution < 1.29 is 44.6 Å². The van der Waals surface area contributed by atoms with Gasteiger partial charge in [0.15, 0.2) is 0 Å². The number of hydrogen-bond acceptors (Lipinski definition) is 8. The number of hydrogen-bond donors (Lipinski definition) is 6. The van der Waals surface area contributed by atoms with Crippen LogP contribution in [0.15, 0.2) is 97.1 Å². The molecule has 10 heteroatoms. The second-order valence-electron chi connectivity index (χ2n) is 11.9. The van der Waals surface area contributed by atoms with Gasteiger partial charge in [-0.25, -0.2) is 4.39 Å². The fraction of sp³-hybridized carbons (Fsp3) is 0.306. The van der Waals surface area contributed by atoms with Gasteiger partial charge in [-0.2, -0.15) is 0 Å². The van der Waals surface area contributed by atoms with Gasteiger partial charge in [0, 0.05) is 5.56 Å². The fourth-order valence-electron chi connectivity index (χ4n) is 6.50. The maximum atomic E-state index is 14.9. The largest absolute Gasteiger partial charge is 0.508 e. The molecule has 240 valence electrons. The maximum Gasteiger partial charge on any atom is 0.233 e. The van der Waals surface area contributed by atoms with Crippen molar-refractivity contribution >= 4 is 11.6 Å².